The quantitative estimate of drug-likeness (QED) is 0.521. The molecule has 2 aromatic rings. The Bertz CT molecular complexity index is 988. The molecule has 0 atom stereocenters. The van der Waals surface area contributed by atoms with Gasteiger partial charge in [0, 0.05) is 0 Å². The number of amides is 4. The van der Waals surface area contributed by atoms with E-state index in [1.807, 2.05) is 6.07 Å². The number of ether oxygens (including phenoxy) is 2. The summed E-state index contributed by atoms with van der Waals surface area (Å²) in [6.45, 7) is -1.31. The smallest absolute Gasteiger partial charge is 0.407 e. The van der Waals surface area contributed by atoms with Crippen LogP contribution in [0.3, 0.4) is 0 Å². The number of hydrogen-bond acceptors (Lipinski definition) is 7. The van der Waals surface area contributed by atoms with Crippen LogP contribution >= 0.6 is 0 Å². The van der Waals surface area contributed by atoms with Gasteiger partial charge < -0.3 is 14.8 Å². The molecule has 31 heavy (non-hydrogen) atoms. The Labute approximate surface area is 177 Å². The highest BCUT2D eigenvalue weighted by Crippen LogP contribution is 2.24. The third kappa shape index (κ3) is 4.86. The highest BCUT2D eigenvalue weighted by Gasteiger charge is 2.42. The van der Waals surface area contributed by atoms with E-state index in [-0.39, 0.29) is 17.7 Å². The number of imide groups is 1. The number of benzene rings is 2. The summed E-state index contributed by atoms with van der Waals surface area (Å²) in [7, 11) is 1.10. The van der Waals surface area contributed by atoms with Crippen molar-refractivity contribution in [1.82, 2.24) is 15.3 Å². The molecule has 160 valence electrons. The molecule has 3 rings (SSSR count). The van der Waals surface area contributed by atoms with Gasteiger partial charge in [0.05, 0.1) is 18.2 Å². The number of carbonyl (C=O) groups is 5. The molecule has 1 aliphatic heterocycles. The van der Waals surface area contributed by atoms with Crippen molar-refractivity contribution in [2.75, 3.05) is 20.2 Å². The lowest BCUT2D eigenvalue weighted by Gasteiger charge is -2.28. The SMILES string of the molecule is COC(=O)CN(C(=O)CNC(=O)OCc1ccccc1)N1C(=O)c2ccccc2C1=O. The molecule has 1 aliphatic rings. The second kappa shape index (κ2) is 9.53. The van der Waals surface area contributed by atoms with E-state index in [0.717, 1.165) is 12.7 Å². The molecule has 0 aliphatic carbocycles. The number of hydrogen-bond donors (Lipinski definition) is 1. The van der Waals surface area contributed by atoms with Gasteiger partial charge in [0.15, 0.2) is 0 Å². The van der Waals surface area contributed by atoms with Gasteiger partial charge in [-0.1, -0.05) is 42.5 Å². The van der Waals surface area contributed by atoms with Crippen LogP contribution in [-0.2, 0) is 25.7 Å². The Kier molecular flexibility index (Phi) is 6.61. The van der Waals surface area contributed by atoms with Gasteiger partial charge in [-0.2, -0.15) is 5.01 Å². The van der Waals surface area contributed by atoms with Crippen LogP contribution in [0.15, 0.2) is 54.6 Å². The van der Waals surface area contributed by atoms with Crippen LogP contribution in [0.1, 0.15) is 26.3 Å². The zero-order chi connectivity index (χ0) is 22.4. The van der Waals surface area contributed by atoms with E-state index < -0.39 is 42.9 Å². The first-order chi connectivity index (χ1) is 14.9. The first-order valence-corrected chi connectivity index (χ1v) is 9.22. The molecule has 10 heteroatoms. The summed E-state index contributed by atoms with van der Waals surface area (Å²) >= 11 is 0. The van der Waals surface area contributed by atoms with Gasteiger partial charge in [-0.3, -0.25) is 19.2 Å². The molecule has 0 unspecified atom stereocenters. The lowest BCUT2D eigenvalue weighted by atomic mass is 10.1. The van der Waals surface area contributed by atoms with E-state index in [1.165, 1.54) is 12.1 Å². The van der Waals surface area contributed by atoms with Crippen LogP contribution < -0.4 is 5.32 Å². The molecule has 0 radical (unpaired) electrons. The highest BCUT2D eigenvalue weighted by molar-refractivity contribution is 6.21. The minimum atomic E-state index is -0.878. The molecule has 10 nitrogen and oxygen atoms in total. The number of rotatable bonds is 7. The maximum Gasteiger partial charge on any atom is 0.407 e. The Morgan fingerprint density at radius 3 is 2.10 bits per heavy atom. The summed E-state index contributed by atoms with van der Waals surface area (Å²) < 4.78 is 9.58. The van der Waals surface area contributed by atoms with Gasteiger partial charge in [-0.25, -0.2) is 9.80 Å². The zero-order valence-corrected chi connectivity index (χ0v) is 16.6. The van der Waals surface area contributed by atoms with Gasteiger partial charge in [0.1, 0.15) is 19.7 Å². The van der Waals surface area contributed by atoms with Crippen LogP contribution in [0.25, 0.3) is 0 Å². The van der Waals surface area contributed by atoms with E-state index in [9.17, 15) is 24.0 Å². The molecule has 4 amide bonds. The van der Waals surface area contributed by atoms with Gasteiger partial charge >= 0.3 is 12.1 Å². The van der Waals surface area contributed by atoms with Crippen molar-refractivity contribution in [2.45, 2.75) is 6.61 Å². The number of fused-ring (bicyclic) bond motifs is 1. The Hall–Kier alpha value is -4.21. The number of hydrazine groups is 1. The largest absolute Gasteiger partial charge is 0.468 e. The Balaban J connectivity index is 1.67. The predicted molar refractivity (Wildman–Crippen MR) is 105 cm³/mol. The summed E-state index contributed by atoms with van der Waals surface area (Å²) in [6.07, 6.45) is -0.877. The van der Waals surface area contributed by atoms with E-state index >= 15 is 0 Å². The van der Waals surface area contributed by atoms with E-state index in [4.69, 9.17) is 4.74 Å². The summed E-state index contributed by atoms with van der Waals surface area (Å²) in [6, 6.07) is 14.9. The van der Waals surface area contributed by atoms with Crippen LogP contribution in [0, 0.1) is 0 Å². The molecule has 0 saturated heterocycles. The molecule has 0 aromatic heterocycles. The van der Waals surface area contributed by atoms with E-state index in [2.05, 4.69) is 10.1 Å². The maximum absolute atomic E-state index is 12.7. The van der Waals surface area contributed by atoms with Crippen LogP contribution in [0.2, 0.25) is 0 Å². The van der Waals surface area contributed by atoms with Crippen molar-refractivity contribution in [3.8, 4) is 0 Å². The van der Waals surface area contributed by atoms with E-state index in [0.29, 0.717) is 10.0 Å². The molecule has 0 spiro atoms. The third-order valence-electron chi connectivity index (χ3n) is 4.41. The average Bonchev–Trinajstić information content (AvgIpc) is 3.05. The summed E-state index contributed by atoms with van der Waals surface area (Å²) in [5.41, 5.74) is 0.957. The molecule has 0 fully saturated rings. The molecule has 1 heterocycles. The van der Waals surface area contributed by atoms with Gasteiger partial charge in [0.25, 0.3) is 17.7 Å². The molecular weight excluding hydrogens is 406 g/mol. The number of alkyl carbamates (subject to hydrolysis) is 1. The van der Waals surface area contributed by atoms with Crippen molar-refractivity contribution in [1.29, 1.82) is 0 Å². The van der Waals surface area contributed by atoms with Crippen molar-refractivity contribution >= 4 is 29.8 Å². The van der Waals surface area contributed by atoms with Gasteiger partial charge in [-0.15, -0.1) is 0 Å². The standard InChI is InChI=1S/C21H19N3O7/c1-30-18(26)12-23(24-19(27)15-9-5-6-10-16(15)20(24)28)17(25)11-22-21(29)31-13-14-7-3-2-4-8-14/h2-10H,11-13H2,1H3,(H,22,29). The lowest BCUT2D eigenvalue weighted by Crippen LogP contribution is -2.54. The monoisotopic (exact) mass is 425 g/mol. The predicted octanol–water partition coefficient (Wildman–Crippen LogP) is 1.13. The van der Waals surface area contributed by atoms with Gasteiger partial charge in [-0.05, 0) is 17.7 Å². The van der Waals surface area contributed by atoms with Crippen molar-refractivity contribution < 1.29 is 33.4 Å². The number of nitrogens with zero attached hydrogens (tertiary/aromatic N) is 2. The molecule has 1 N–H and O–H groups in total. The Morgan fingerprint density at radius 2 is 1.52 bits per heavy atom. The minimum Gasteiger partial charge on any atom is -0.468 e. The lowest BCUT2D eigenvalue weighted by molar-refractivity contribution is -0.153. The first-order valence-electron chi connectivity index (χ1n) is 9.22. The van der Waals surface area contributed by atoms with Crippen molar-refractivity contribution in [3.63, 3.8) is 0 Å². The number of carbonyl (C=O) groups excluding carboxylic acids is 5. The van der Waals surface area contributed by atoms with Crippen LogP contribution in [-0.4, -0.2) is 60.0 Å². The minimum absolute atomic E-state index is 0.00878. The average molecular weight is 425 g/mol. The summed E-state index contributed by atoms with van der Waals surface area (Å²) in [4.78, 5) is 61.7. The van der Waals surface area contributed by atoms with Crippen molar-refractivity contribution in [2.24, 2.45) is 0 Å². The molecule has 0 bridgehead atoms. The third-order valence-corrected chi connectivity index (χ3v) is 4.41. The van der Waals surface area contributed by atoms with Crippen molar-refractivity contribution in [3.05, 3.63) is 71.3 Å². The number of esters is 1. The molecule has 2 aromatic carbocycles. The van der Waals surface area contributed by atoms with Crippen LogP contribution in [0.5, 0.6) is 0 Å². The second-order valence-corrected chi connectivity index (χ2v) is 6.41. The zero-order valence-electron chi connectivity index (χ0n) is 16.6. The summed E-state index contributed by atoms with van der Waals surface area (Å²) in [5, 5.41) is 3.46. The number of methoxy groups -OCH3 is 1. The highest BCUT2D eigenvalue weighted by atomic mass is 16.5. The normalized spacial score (nSPS) is 12.2. The first kappa shape index (κ1) is 21.5. The summed E-state index contributed by atoms with van der Waals surface area (Å²) in [5.74, 6) is -3.25. The fourth-order valence-electron chi connectivity index (χ4n) is 2.87. The van der Waals surface area contributed by atoms with E-state index in [1.54, 1.807) is 36.4 Å². The van der Waals surface area contributed by atoms with Gasteiger partial charge in [0.2, 0.25) is 0 Å². The molecule has 0 saturated carbocycles. The maximum atomic E-state index is 12.7. The number of nitrogens with one attached hydrogen (secondary N) is 1. The fourth-order valence-corrected chi connectivity index (χ4v) is 2.87. The second-order valence-electron chi connectivity index (χ2n) is 6.41. The fraction of sp³-hybridized carbons (Fsp3) is 0.190. The molecular formula is C21H19N3O7. The topological polar surface area (TPSA) is 122 Å². The Morgan fingerprint density at radius 1 is 0.935 bits per heavy atom. The van der Waals surface area contributed by atoms with Crippen LogP contribution in [0.4, 0.5) is 4.79 Å².